The highest BCUT2D eigenvalue weighted by atomic mass is 35.5. The Morgan fingerprint density at radius 1 is 1.24 bits per heavy atom. The number of aromatic amines is 1. The molecule has 1 aliphatic rings. The Bertz CT molecular complexity index is 1320. The van der Waals surface area contributed by atoms with Crippen LogP contribution in [0.25, 0.3) is 16.7 Å². The number of hydrogen-bond acceptors (Lipinski definition) is 6. The molecule has 0 unspecified atom stereocenters. The van der Waals surface area contributed by atoms with Crippen molar-refractivity contribution in [3.8, 4) is 11.4 Å². The summed E-state index contributed by atoms with van der Waals surface area (Å²) in [6.45, 7) is 4.60. The second kappa shape index (κ2) is 8.49. The number of amides is 1. The molecular weight excluding hydrogens is 444 g/mol. The van der Waals surface area contributed by atoms with E-state index in [0.717, 1.165) is 16.6 Å². The molecule has 1 fully saturated rings. The van der Waals surface area contributed by atoms with Gasteiger partial charge in [-0.2, -0.15) is 15.0 Å². The summed E-state index contributed by atoms with van der Waals surface area (Å²) in [6, 6.07) is 8.59. The van der Waals surface area contributed by atoms with Crippen LogP contribution in [-0.4, -0.2) is 62.1 Å². The maximum Gasteiger partial charge on any atom is 0.257 e. The number of halogens is 1. The number of benzene rings is 2. The minimum Gasteiger partial charge on any atom is -0.497 e. The van der Waals surface area contributed by atoms with E-state index in [1.165, 1.54) is 4.80 Å². The van der Waals surface area contributed by atoms with Gasteiger partial charge in [-0.1, -0.05) is 11.6 Å². The van der Waals surface area contributed by atoms with Gasteiger partial charge in [-0.3, -0.25) is 4.79 Å². The number of methoxy groups -OCH3 is 1. The predicted octanol–water partition coefficient (Wildman–Crippen LogP) is 3.72. The number of nitrogens with one attached hydrogen (secondary N) is 1. The molecule has 170 valence electrons. The van der Waals surface area contributed by atoms with Crippen LogP contribution < -0.4 is 4.74 Å². The first-order valence-electron chi connectivity index (χ1n) is 10.6. The van der Waals surface area contributed by atoms with Crippen LogP contribution in [0.15, 0.2) is 42.7 Å². The van der Waals surface area contributed by atoms with Crippen LogP contribution in [0, 0.1) is 6.92 Å². The van der Waals surface area contributed by atoms with Gasteiger partial charge < -0.3 is 19.4 Å². The number of morpholine rings is 1. The van der Waals surface area contributed by atoms with Crippen LogP contribution in [0.2, 0.25) is 5.02 Å². The van der Waals surface area contributed by atoms with Gasteiger partial charge in [0.2, 0.25) is 0 Å². The Kier molecular flexibility index (Phi) is 5.51. The standard InChI is InChI=1S/C23H23ClN6O3/c1-13-11-29(20(12-33-13)22-27-18-6-5-17(24)14(2)21(18)28-22)23(31)16-10-15(32-3)4-7-19(16)30-25-8-9-26-30/h4-10,13,20H,11-12H2,1-3H3,(H,27,28)/t13-,20+/m0/s1. The fourth-order valence-electron chi connectivity index (χ4n) is 4.10. The fraction of sp³-hybridized carbons (Fsp3) is 0.304. The molecule has 0 spiro atoms. The topological polar surface area (TPSA) is 98.2 Å². The van der Waals surface area contributed by atoms with E-state index in [2.05, 4.69) is 15.2 Å². The highest BCUT2D eigenvalue weighted by Crippen LogP contribution is 2.32. The van der Waals surface area contributed by atoms with Gasteiger partial charge in [-0.25, -0.2) is 4.98 Å². The molecule has 0 saturated carbocycles. The lowest BCUT2D eigenvalue weighted by Gasteiger charge is -2.38. The van der Waals surface area contributed by atoms with Crippen LogP contribution in [0.3, 0.4) is 0 Å². The zero-order chi connectivity index (χ0) is 23.1. The number of carbonyl (C=O) groups is 1. The van der Waals surface area contributed by atoms with E-state index in [9.17, 15) is 4.79 Å². The summed E-state index contributed by atoms with van der Waals surface area (Å²) in [7, 11) is 1.57. The summed E-state index contributed by atoms with van der Waals surface area (Å²) in [5.74, 6) is 1.04. The summed E-state index contributed by atoms with van der Waals surface area (Å²) >= 11 is 6.29. The average molecular weight is 467 g/mol. The number of rotatable bonds is 4. The molecule has 0 aliphatic carbocycles. The van der Waals surface area contributed by atoms with E-state index >= 15 is 0 Å². The molecule has 2 aromatic carbocycles. The van der Waals surface area contributed by atoms with E-state index in [-0.39, 0.29) is 12.0 Å². The van der Waals surface area contributed by atoms with Gasteiger partial charge >= 0.3 is 0 Å². The highest BCUT2D eigenvalue weighted by molar-refractivity contribution is 6.32. The second-order valence-electron chi connectivity index (χ2n) is 8.01. The SMILES string of the molecule is COc1ccc(-n2nccn2)c(C(=O)N2C[C@H](C)OC[C@@H]2c2nc3c(C)c(Cl)ccc3[nH]2)c1. The van der Waals surface area contributed by atoms with Gasteiger partial charge in [0.25, 0.3) is 5.91 Å². The zero-order valence-corrected chi connectivity index (χ0v) is 19.2. The lowest BCUT2D eigenvalue weighted by molar-refractivity contribution is -0.0467. The number of fused-ring (bicyclic) bond motifs is 1. The normalized spacial score (nSPS) is 18.6. The van der Waals surface area contributed by atoms with E-state index in [1.54, 1.807) is 42.6 Å². The lowest BCUT2D eigenvalue weighted by Crippen LogP contribution is -2.47. The summed E-state index contributed by atoms with van der Waals surface area (Å²) in [5.41, 5.74) is 3.53. The molecule has 10 heteroatoms. The van der Waals surface area contributed by atoms with Crippen molar-refractivity contribution in [3.05, 3.63) is 64.7 Å². The molecule has 1 saturated heterocycles. The Hall–Kier alpha value is -3.43. The zero-order valence-electron chi connectivity index (χ0n) is 18.4. The molecular formula is C23H23ClN6O3. The molecule has 9 nitrogen and oxygen atoms in total. The van der Waals surface area contributed by atoms with Crippen molar-refractivity contribution >= 4 is 28.5 Å². The maximum atomic E-state index is 13.9. The maximum absolute atomic E-state index is 13.9. The molecule has 1 aliphatic heterocycles. The number of hydrogen-bond donors (Lipinski definition) is 1. The molecule has 33 heavy (non-hydrogen) atoms. The van der Waals surface area contributed by atoms with Crippen LogP contribution in [-0.2, 0) is 4.74 Å². The molecule has 2 atom stereocenters. The monoisotopic (exact) mass is 466 g/mol. The van der Waals surface area contributed by atoms with Crippen molar-refractivity contribution in [1.29, 1.82) is 0 Å². The van der Waals surface area contributed by atoms with Gasteiger partial charge in [0.1, 0.15) is 17.6 Å². The Balaban J connectivity index is 1.58. The molecule has 3 heterocycles. The molecule has 1 amide bonds. The predicted molar refractivity (Wildman–Crippen MR) is 123 cm³/mol. The lowest BCUT2D eigenvalue weighted by atomic mass is 10.1. The largest absolute Gasteiger partial charge is 0.497 e. The van der Waals surface area contributed by atoms with E-state index in [0.29, 0.717) is 41.0 Å². The van der Waals surface area contributed by atoms with Crippen molar-refractivity contribution in [2.24, 2.45) is 0 Å². The van der Waals surface area contributed by atoms with Crippen molar-refractivity contribution in [3.63, 3.8) is 0 Å². The van der Waals surface area contributed by atoms with Crippen LogP contribution in [0.5, 0.6) is 5.75 Å². The average Bonchev–Trinajstić information content (AvgIpc) is 3.51. The third-order valence-corrected chi connectivity index (χ3v) is 6.28. The van der Waals surface area contributed by atoms with Gasteiger partial charge in [0, 0.05) is 11.6 Å². The third-order valence-electron chi connectivity index (χ3n) is 5.87. The fourth-order valence-corrected chi connectivity index (χ4v) is 4.25. The molecule has 0 bridgehead atoms. The number of aromatic nitrogens is 5. The Morgan fingerprint density at radius 3 is 2.79 bits per heavy atom. The number of nitrogens with zero attached hydrogens (tertiary/aromatic N) is 5. The number of ether oxygens (including phenoxy) is 2. The third kappa shape index (κ3) is 3.83. The molecule has 4 aromatic rings. The first kappa shape index (κ1) is 21.4. The second-order valence-corrected chi connectivity index (χ2v) is 8.42. The van der Waals surface area contributed by atoms with Gasteiger partial charge in [0.15, 0.2) is 0 Å². The Labute approximate surface area is 195 Å². The molecule has 1 N–H and O–H groups in total. The van der Waals surface area contributed by atoms with Crippen LogP contribution in [0.4, 0.5) is 0 Å². The first-order valence-corrected chi connectivity index (χ1v) is 11.0. The van der Waals surface area contributed by atoms with Crippen molar-refractivity contribution < 1.29 is 14.3 Å². The van der Waals surface area contributed by atoms with E-state index in [1.807, 2.05) is 26.0 Å². The quantitative estimate of drug-likeness (QED) is 0.492. The number of aryl methyl sites for hydroxylation is 1. The number of carbonyl (C=O) groups excluding carboxylic acids is 1. The van der Waals surface area contributed by atoms with Gasteiger partial charge in [0.05, 0.1) is 54.5 Å². The molecule has 2 aromatic heterocycles. The van der Waals surface area contributed by atoms with Gasteiger partial charge in [-0.15, -0.1) is 0 Å². The summed E-state index contributed by atoms with van der Waals surface area (Å²) in [5, 5.41) is 9.06. The smallest absolute Gasteiger partial charge is 0.257 e. The summed E-state index contributed by atoms with van der Waals surface area (Å²) in [4.78, 5) is 25.3. The Morgan fingerprint density at radius 2 is 2.03 bits per heavy atom. The van der Waals surface area contributed by atoms with Crippen molar-refractivity contribution in [2.45, 2.75) is 26.0 Å². The highest BCUT2D eigenvalue weighted by Gasteiger charge is 2.35. The summed E-state index contributed by atoms with van der Waals surface area (Å²) < 4.78 is 11.3. The number of H-pyrrole nitrogens is 1. The number of imidazole rings is 1. The van der Waals surface area contributed by atoms with Crippen LogP contribution in [0.1, 0.15) is 34.7 Å². The summed E-state index contributed by atoms with van der Waals surface area (Å²) in [6.07, 6.45) is 3.02. The van der Waals surface area contributed by atoms with Crippen molar-refractivity contribution in [2.75, 3.05) is 20.3 Å². The molecule has 0 radical (unpaired) electrons. The van der Waals surface area contributed by atoms with Crippen molar-refractivity contribution in [1.82, 2.24) is 29.9 Å². The minimum absolute atomic E-state index is 0.123. The van der Waals surface area contributed by atoms with E-state index in [4.69, 9.17) is 26.1 Å². The van der Waals surface area contributed by atoms with Gasteiger partial charge in [-0.05, 0) is 49.7 Å². The van der Waals surface area contributed by atoms with E-state index < -0.39 is 6.04 Å². The van der Waals surface area contributed by atoms with Crippen LogP contribution >= 0.6 is 11.6 Å². The minimum atomic E-state index is -0.399. The molecule has 5 rings (SSSR count). The first-order chi connectivity index (χ1) is 16.0.